The molecule has 8 nitrogen and oxygen atoms in total. The molecular weight excluding hydrogens is 466 g/mol. The van der Waals surface area contributed by atoms with Crippen molar-refractivity contribution in [1.29, 1.82) is 0 Å². The van der Waals surface area contributed by atoms with Crippen molar-refractivity contribution in [2.24, 2.45) is 7.05 Å². The van der Waals surface area contributed by atoms with E-state index >= 15 is 0 Å². The van der Waals surface area contributed by atoms with Gasteiger partial charge >= 0.3 is 0 Å². The largest absolute Gasteiger partial charge is 0.389 e. The summed E-state index contributed by atoms with van der Waals surface area (Å²) in [4.78, 5) is 21.5. The van der Waals surface area contributed by atoms with Crippen LogP contribution >= 0.6 is 11.6 Å². The number of hydrogen-bond acceptors (Lipinski definition) is 6. The minimum absolute atomic E-state index is 0.104. The fourth-order valence-corrected chi connectivity index (χ4v) is 4.00. The Labute approximate surface area is 208 Å². The molecule has 0 fully saturated rings. The summed E-state index contributed by atoms with van der Waals surface area (Å²) >= 11 is 6.51. The van der Waals surface area contributed by atoms with Gasteiger partial charge in [0.1, 0.15) is 5.60 Å². The van der Waals surface area contributed by atoms with Crippen molar-refractivity contribution >= 4 is 28.2 Å². The molecule has 0 unspecified atom stereocenters. The molecule has 0 amide bonds. The molecule has 0 aliphatic carbocycles. The monoisotopic (exact) mass is 495 g/mol. The number of aromatic nitrogens is 4. The number of benzene rings is 2. The van der Waals surface area contributed by atoms with Crippen LogP contribution in [0.4, 0.5) is 5.69 Å². The molecule has 2 aromatic heterocycles. The van der Waals surface area contributed by atoms with Gasteiger partial charge in [-0.2, -0.15) is 0 Å². The van der Waals surface area contributed by atoms with Gasteiger partial charge in [-0.25, -0.2) is 9.97 Å². The van der Waals surface area contributed by atoms with E-state index in [4.69, 9.17) is 11.6 Å². The summed E-state index contributed by atoms with van der Waals surface area (Å²) < 4.78 is 3.46. The molecule has 0 bridgehead atoms. The normalized spacial score (nSPS) is 12.3. The zero-order valence-corrected chi connectivity index (χ0v) is 21.3. The van der Waals surface area contributed by atoms with E-state index in [1.165, 1.54) is 0 Å². The van der Waals surface area contributed by atoms with Crippen molar-refractivity contribution in [3.63, 3.8) is 0 Å². The molecule has 3 N–H and O–H groups in total. The molecule has 2 aromatic carbocycles. The number of halogens is 1. The van der Waals surface area contributed by atoms with Gasteiger partial charge < -0.3 is 15.5 Å². The number of fused-ring (bicyclic) bond motifs is 1. The van der Waals surface area contributed by atoms with E-state index in [2.05, 4.69) is 15.3 Å². The van der Waals surface area contributed by atoms with Gasteiger partial charge in [-0.3, -0.25) is 14.2 Å². The fraction of sp³-hybridized carbons (Fsp3) is 0.346. The Morgan fingerprint density at radius 1 is 1.00 bits per heavy atom. The second-order valence-electron chi connectivity index (χ2n) is 9.94. The molecular formula is C26H30ClN5O3. The van der Waals surface area contributed by atoms with E-state index in [1.807, 2.05) is 28.9 Å². The maximum Gasteiger partial charge on any atom is 0.274 e. The van der Waals surface area contributed by atoms with Gasteiger partial charge in [0.05, 0.1) is 23.0 Å². The summed E-state index contributed by atoms with van der Waals surface area (Å²) in [7, 11) is 1.73. The SMILES string of the molecule is Cn1c(=O)c2ccc(-c3cnc(C(C)(C)O)nc3)cc2n1Cc1cc(NCC(C)(C)O)ccc1Cl. The van der Waals surface area contributed by atoms with E-state index in [0.29, 0.717) is 29.3 Å². The first-order valence-electron chi connectivity index (χ1n) is 11.3. The van der Waals surface area contributed by atoms with Gasteiger partial charge in [0.15, 0.2) is 5.82 Å². The van der Waals surface area contributed by atoms with Crippen LogP contribution < -0.4 is 10.9 Å². The lowest BCUT2D eigenvalue weighted by Gasteiger charge is -2.19. The predicted octanol–water partition coefficient (Wildman–Crippen LogP) is 3.91. The number of nitrogens with zero attached hydrogens (tertiary/aromatic N) is 4. The first kappa shape index (κ1) is 24.9. The zero-order chi connectivity index (χ0) is 25.5. The van der Waals surface area contributed by atoms with Crippen molar-refractivity contribution in [2.75, 3.05) is 11.9 Å². The van der Waals surface area contributed by atoms with Gasteiger partial charge in [-0.05, 0) is 69.2 Å². The third-order valence-electron chi connectivity index (χ3n) is 5.79. The lowest BCUT2D eigenvalue weighted by molar-refractivity contribution is 0.0687. The molecule has 0 atom stereocenters. The van der Waals surface area contributed by atoms with Crippen LogP contribution in [0.3, 0.4) is 0 Å². The quantitative estimate of drug-likeness (QED) is 0.359. The standard InChI is InChI=1S/C26H30ClN5O3/c1-25(2,34)15-30-19-7-9-21(27)17(10-19)14-32-22-11-16(6-8-20(22)23(33)31(32)5)18-12-28-24(29-13-18)26(3,4)35/h6-13,30,34-35H,14-15H2,1-5H3. The molecule has 0 saturated carbocycles. The third-order valence-corrected chi connectivity index (χ3v) is 6.15. The highest BCUT2D eigenvalue weighted by Crippen LogP contribution is 2.27. The maximum atomic E-state index is 12.9. The first-order valence-corrected chi connectivity index (χ1v) is 11.7. The summed E-state index contributed by atoms with van der Waals surface area (Å²) in [5.41, 5.74) is 1.97. The molecule has 0 spiro atoms. The lowest BCUT2D eigenvalue weighted by atomic mass is 10.1. The second-order valence-corrected chi connectivity index (χ2v) is 10.4. The van der Waals surface area contributed by atoms with Crippen LogP contribution in [0.25, 0.3) is 22.0 Å². The summed E-state index contributed by atoms with van der Waals surface area (Å²) in [5, 5.41) is 24.5. The molecule has 35 heavy (non-hydrogen) atoms. The Balaban J connectivity index is 1.72. The summed E-state index contributed by atoms with van der Waals surface area (Å²) in [6.07, 6.45) is 3.34. The molecule has 4 aromatic rings. The van der Waals surface area contributed by atoms with Crippen LogP contribution in [0.2, 0.25) is 5.02 Å². The van der Waals surface area contributed by atoms with Crippen LogP contribution in [-0.2, 0) is 19.2 Å². The number of aliphatic hydroxyl groups is 2. The molecule has 0 radical (unpaired) electrons. The van der Waals surface area contributed by atoms with Crippen LogP contribution in [0.5, 0.6) is 0 Å². The summed E-state index contributed by atoms with van der Waals surface area (Å²) in [6.45, 7) is 7.51. The zero-order valence-electron chi connectivity index (χ0n) is 20.5. The maximum absolute atomic E-state index is 12.9. The fourth-order valence-electron chi connectivity index (χ4n) is 3.82. The van der Waals surface area contributed by atoms with Crippen molar-refractivity contribution in [3.8, 4) is 11.1 Å². The number of rotatable bonds is 7. The lowest BCUT2D eigenvalue weighted by Crippen LogP contribution is -2.29. The topological polar surface area (TPSA) is 105 Å². The van der Waals surface area contributed by atoms with Crippen molar-refractivity contribution in [1.82, 2.24) is 19.3 Å². The molecule has 184 valence electrons. The molecule has 0 aliphatic rings. The van der Waals surface area contributed by atoms with Crippen molar-refractivity contribution in [3.05, 3.63) is 75.6 Å². The average Bonchev–Trinajstić information content (AvgIpc) is 3.03. The number of hydrogen-bond donors (Lipinski definition) is 3. The Morgan fingerprint density at radius 2 is 1.69 bits per heavy atom. The Hall–Kier alpha value is -3.20. The van der Waals surface area contributed by atoms with E-state index < -0.39 is 11.2 Å². The molecule has 9 heteroatoms. The third kappa shape index (κ3) is 5.40. The van der Waals surface area contributed by atoms with E-state index in [1.54, 1.807) is 64.0 Å². The highest BCUT2D eigenvalue weighted by molar-refractivity contribution is 6.31. The minimum atomic E-state index is -1.13. The highest BCUT2D eigenvalue weighted by atomic mass is 35.5. The summed E-state index contributed by atoms with van der Waals surface area (Å²) in [6, 6.07) is 11.2. The van der Waals surface area contributed by atoms with Gasteiger partial charge in [0, 0.05) is 42.3 Å². The van der Waals surface area contributed by atoms with Gasteiger partial charge in [-0.1, -0.05) is 17.7 Å². The smallest absolute Gasteiger partial charge is 0.274 e. The highest BCUT2D eigenvalue weighted by Gasteiger charge is 2.20. The first-order chi connectivity index (χ1) is 16.3. The Bertz CT molecular complexity index is 1430. The van der Waals surface area contributed by atoms with E-state index in [0.717, 1.165) is 27.9 Å². The van der Waals surface area contributed by atoms with Gasteiger partial charge in [-0.15, -0.1) is 0 Å². The molecule has 0 saturated heterocycles. The molecule has 4 rings (SSSR count). The van der Waals surface area contributed by atoms with Crippen LogP contribution in [-0.4, -0.2) is 41.7 Å². The van der Waals surface area contributed by atoms with Gasteiger partial charge in [0.2, 0.25) is 0 Å². The summed E-state index contributed by atoms with van der Waals surface area (Å²) in [5.74, 6) is 0.340. The molecule has 0 aliphatic heterocycles. The second kappa shape index (κ2) is 9.11. The van der Waals surface area contributed by atoms with Crippen LogP contribution in [0, 0.1) is 0 Å². The van der Waals surface area contributed by atoms with Crippen LogP contribution in [0.1, 0.15) is 39.1 Å². The molecule has 2 heterocycles. The Kier molecular flexibility index (Phi) is 6.48. The van der Waals surface area contributed by atoms with Crippen molar-refractivity contribution in [2.45, 2.75) is 45.4 Å². The van der Waals surface area contributed by atoms with E-state index in [-0.39, 0.29) is 5.56 Å². The minimum Gasteiger partial charge on any atom is -0.389 e. The average molecular weight is 496 g/mol. The van der Waals surface area contributed by atoms with Crippen LogP contribution in [0.15, 0.2) is 53.6 Å². The van der Waals surface area contributed by atoms with Crippen molar-refractivity contribution < 1.29 is 10.2 Å². The van der Waals surface area contributed by atoms with Gasteiger partial charge in [0.25, 0.3) is 5.56 Å². The number of nitrogens with one attached hydrogen (secondary N) is 1. The van der Waals surface area contributed by atoms with E-state index in [9.17, 15) is 15.0 Å². The number of anilines is 1. The Morgan fingerprint density at radius 3 is 2.31 bits per heavy atom. The predicted molar refractivity (Wildman–Crippen MR) is 139 cm³/mol.